The SMILES string of the molecule is CC1(c2ccc(F)c(NC(=O)c3cc(C(F)(F)F)ccc3Cl)c2)CCSC(N)=N1. The molecule has 1 atom stereocenters. The number of hydrogen-bond donors (Lipinski definition) is 2. The van der Waals surface area contributed by atoms with Gasteiger partial charge in [-0.05, 0) is 49.2 Å². The van der Waals surface area contributed by atoms with Gasteiger partial charge >= 0.3 is 6.18 Å². The predicted molar refractivity (Wildman–Crippen MR) is 107 cm³/mol. The lowest BCUT2D eigenvalue weighted by molar-refractivity contribution is -0.137. The van der Waals surface area contributed by atoms with Crippen LogP contribution in [0.4, 0.5) is 23.2 Å². The van der Waals surface area contributed by atoms with Crippen molar-refractivity contribution in [3.8, 4) is 0 Å². The van der Waals surface area contributed by atoms with Crippen LogP contribution in [0.2, 0.25) is 5.02 Å². The second kappa shape index (κ2) is 7.87. The third-order valence-corrected chi connectivity index (χ3v) is 5.70. The molecule has 0 aromatic heterocycles. The van der Waals surface area contributed by atoms with Gasteiger partial charge in [-0.3, -0.25) is 9.79 Å². The van der Waals surface area contributed by atoms with Crippen molar-refractivity contribution in [2.75, 3.05) is 11.1 Å². The average molecular weight is 446 g/mol. The smallest absolute Gasteiger partial charge is 0.379 e. The number of amides is 1. The van der Waals surface area contributed by atoms with Crippen molar-refractivity contribution in [3.63, 3.8) is 0 Å². The van der Waals surface area contributed by atoms with Gasteiger partial charge in [0.1, 0.15) is 5.82 Å². The molecule has 0 bridgehead atoms. The Bertz CT molecular complexity index is 996. The molecule has 0 spiro atoms. The summed E-state index contributed by atoms with van der Waals surface area (Å²) in [5, 5.41) is 2.53. The van der Waals surface area contributed by atoms with Gasteiger partial charge in [-0.2, -0.15) is 13.2 Å². The maximum Gasteiger partial charge on any atom is 0.416 e. The topological polar surface area (TPSA) is 67.5 Å². The van der Waals surface area contributed by atoms with Crippen molar-refractivity contribution in [3.05, 3.63) is 63.9 Å². The van der Waals surface area contributed by atoms with Crippen LogP contribution in [-0.4, -0.2) is 16.8 Å². The first-order chi connectivity index (χ1) is 13.5. The molecule has 2 aromatic carbocycles. The number of amidine groups is 1. The van der Waals surface area contributed by atoms with Gasteiger partial charge in [0.05, 0.1) is 27.4 Å². The van der Waals surface area contributed by atoms with Gasteiger partial charge in [-0.1, -0.05) is 29.4 Å². The molecule has 0 fully saturated rings. The fourth-order valence-corrected chi connectivity index (χ4v) is 4.09. The zero-order chi connectivity index (χ0) is 21.4. The molecule has 1 aliphatic rings. The van der Waals surface area contributed by atoms with Gasteiger partial charge < -0.3 is 11.1 Å². The molecule has 1 unspecified atom stereocenters. The zero-order valence-electron chi connectivity index (χ0n) is 15.1. The molecule has 154 valence electrons. The van der Waals surface area contributed by atoms with Crippen LogP contribution in [0.25, 0.3) is 0 Å². The molecule has 1 amide bonds. The van der Waals surface area contributed by atoms with Crippen LogP contribution in [0.1, 0.15) is 34.8 Å². The number of carbonyl (C=O) groups excluding carboxylic acids is 1. The summed E-state index contributed by atoms with van der Waals surface area (Å²) in [6.45, 7) is 1.84. The highest BCUT2D eigenvalue weighted by molar-refractivity contribution is 8.13. The molecule has 3 rings (SSSR count). The quantitative estimate of drug-likeness (QED) is 0.620. The minimum absolute atomic E-state index is 0.180. The van der Waals surface area contributed by atoms with E-state index in [1.165, 1.54) is 23.9 Å². The second-order valence-electron chi connectivity index (χ2n) is 6.66. The maximum absolute atomic E-state index is 14.3. The van der Waals surface area contributed by atoms with Crippen molar-refractivity contribution >= 4 is 40.1 Å². The molecule has 0 saturated heterocycles. The number of hydrogen-bond acceptors (Lipinski definition) is 4. The summed E-state index contributed by atoms with van der Waals surface area (Å²) < 4.78 is 53.1. The van der Waals surface area contributed by atoms with Crippen molar-refractivity contribution in [2.24, 2.45) is 10.7 Å². The van der Waals surface area contributed by atoms with E-state index in [2.05, 4.69) is 10.3 Å². The third-order valence-electron chi connectivity index (χ3n) is 4.57. The normalized spacial score (nSPS) is 19.6. The molecule has 0 saturated carbocycles. The van der Waals surface area contributed by atoms with Gasteiger partial charge in [-0.15, -0.1) is 0 Å². The van der Waals surface area contributed by atoms with Gasteiger partial charge in [0.15, 0.2) is 5.17 Å². The van der Waals surface area contributed by atoms with E-state index in [4.69, 9.17) is 17.3 Å². The van der Waals surface area contributed by atoms with Gasteiger partial charge in [0.25, 0.3) is 5.91 Å². The number of benzene rings is 2. The van der Waals surface area contributed by atoms with Crippen LogP contribution in [0.15, 0.2) is 41.4 Å². The van der Waals surface area contributed by atoms with E-state index in [0.717, 1.165) is 24.0 Å². The minimum atomic E-state index is -4.64. The van der Waals surface area contributed by atoms with E-state index >= 15 is 0 Å². The number of aliphatic imine (C=N–C) groups is 1. The lowest BCUT2D eigenvalue weighted by Gasteiger charge is -2.30. The molecule has 3 N–H and O–H groups in total. The van der Waals surface area contributed by atoms with Crippen LogP contribution in [-0.2, 0) is 11.7 Å². The molecule has 4 nitrogen and oxygen atoms in total. The molecule has 29 heavy (non-hydrogen) atoms. The second-order valence-corrected chi connectivity index (χ2v) is 8.19. The first-order valence-electron chi connectivity index (χ1n) is 8.46. The fraction of sp³-hybridized carbons (Fsp3) is 0.263. The third kappa shape index (κ3) is 4.67. The average Bonchev–Trinajstić information content (AvgIpc) is 2.62. The largest absolute Gasteiger partial charge is 0.416 e. The zero-order valence-corrected chi connectivity index (χ0v) is 16.7. The molecule has 0 radical (unpaired) electrons. The summed E-state index contributed by atoms with van der Waals surface area (Å²) in [4.78, 5) is 16.9. The summed E-state index contributed by atoms with van der Waals surface area (Å²) in [6, 6.07) is 6.48. The highest BCUT2D eigenvalue weighted by atomic mass is 35.5. The number of thioether (sulfide) groups is 1. The Morgan fingerprint density at radius 2 is 2.00 bits per heavy atom. The molecule has 1 heterocycles. The van der Waals surface area contributed by atoms with Crippen LogP contribution >= 0.6 is 23.4 Å². The van der Waals surface area contributed by atoms with Gasteiger partial charge in [0.2, 0.25) is 0 Å². The fourth-order valence-electron chi connectivity index (χ4n) is 2.92. The number of nitrogens with two attached hydrogens (primary N) is 1. The van der Waals surface area contributed by atoms with Gasteiger partial charge in [0, 0.05) is 5.75 Å². The first kappa shape index (κ1) is 21.4. The summed E-state index contributed by atoms with van der Waals surface area (Å²) in [7, 11) is 0. The van der Waals surface area contributed by atoms with E-state index in [9.17, 15) is 22.4 Å². The molecule has 10 heteroatoms. The number of nitrogens with zero attached hydrogens (tertiary/aromatic N) is 1. The highest BCUT2D eigenvalue weighted by Crippen LogP contribution is 2.37. The van der Waals surface area contributed by atoms with Crippen molar-refractivity contribution in [1.82, 2.24) is 0 Å². The Labute approximate surface area is 173 Å². The van der Waals surface area contributed by atoms with Crippen molar-refractivity contribution in [1.29, 1.82) is 0 Å². The number of halogens is 5. The molecular weight excluding hydrogens is 430 g/mol. The lowest BCUT2D eigenvalue weighted by atomic mass is 9.89. The number of carbonyl (C=O) groups is 1. The van der Waals surface area contributed by atoms with E-state index in [1.54, 1.807) is 0 Å². The number of alkyl halides is 3. The molecule has 2 aromatic rings. The summed E-state index contributed by atoms with van der Waals surface area (Å²) in [6.07, 6.45) is -3.99. The number of anilines is 1. The van der Waals surface area contributed by atoms with Crippen LogP contribution in [0, 0.1) is 5.82 Å². The summed E-state index contributed by atoms with van der Waals surface area (Å²) >= 11 is 7.30. The number of rotatable bonds is 3. The maximum atomic E-state index is 14.3. The van der Waals surface area contributed by atoms with E-state index in [0.29, 0.717) is 23.2 Å². The van der Waals surface area contributed by atoms with E-state index < -0.39 is 34.6 Å². The van der Waals surface area contributed by atoms with Gasteiger partial charge in [-0.25, -0.2) is 4.39 Å². The molecule has 0 aliphatic carbocycles. The Morgan fingerprint density at radius 3 is 2.66 bits per heavy atom. The lowest BCUT2D eigenvalue weighted by Crippen LogP contribution is -2.29. The van der Waals surface area contributed by atoms with Crippen molar-refractivity contribution in [2.45, 2.75) is 25.1 Å². The van der Waals surface area contributed by atoms with E-state index in [1.807, 2.05) is 6.92 Å². The Kier molecular flexibility index (Phi) is 5.82. The highest BCUT2D eigenvalue weighted by Gasteiger charge is 2.32. The molecular formula is C19H16ClF4N3OS. The molecule has 1 aliphatic heterocycles. The first-order valence-corrected chi connectivity index (χ1v) is 9.82. The van der Waals surface area contributed by atoms with Crippen molar-refractivity contribution < 1.29 is 22.4 Å². The predicted octanol–water partition coefficient (Wildman–Crippen LogP) is 5.42. The van der Waals surface area contributed by atoms with E-state index in [-0.39, 0.29) is 10.7 Å². The summed E-state index contributed by atoms with van der Waals surface area (Å²) in [5.41, 5.74) is 4.10. The Morgan fingerprint density at radius 1 is 1.28 bits per heavy atom. The minimum Gasteiger partial charge on any atom is -0.379 e. The standard InChI is InChI=1S/C19H16ClF4N3OS/c1-18(6-7-29-17(25)27-18)10-3-5-14(21)15(9-10)26-16(28)12-8-11(19(22,23)24)2-4-13(12)20/h2-5,8-9H,6-7H2,1H3,(H2,25,27)(H,26,28). The number of nitrogens with one attached hydrogen (secondary N) is 1. The monoisotopic (exact) mass is 445 g/mol. The van der Waals surface area contributed by atoms with Crippen LogP contribution in [0.5, 0.6) is 0 Å². The van der Waals surface area contributed by atoms with Crippen LogP contribution in [0.3, 0.4) is 0 Å². The summed E-state index contributed by atoms with van der Waals surface area (Å²) in [5.74, 6) is -0.967. The Balaban J connectivity index is 1.93. The Hall–Kier alpha value is -2.26. The van der Waals surface area contributed by atoms with Crippen LogP contribution < -0.4 is 11.1 Å².